The Bertz CT molecular complexity index is 1570. The van der Waals surface area contributed by atoms with E-state index in [1.165, 1.54) is 6.92 Å². The quantitative estimate of drug-likeness (QED) is 0.155. The molecule has 16 heteroatoms. The van der Waals surface area contributed by atoms with Crippen LogP contribution in [0.4, 0.5) is 5.95 Å². The number of benzene rings is 2. The Balaban J connectivity index is 1.64. The van der Waals surface area contributed by atoms with Gasteiger partial charge in [-0.3, -0.25) is 13.9 Å². The third-order valence-electron chi connectivity index (χ3n) is 6.01. The first-order valence-electron chi connectivity index (χ1n) is 11.7. The Morgan fingerprint density at radius 1 is 1.35 bits per heavy atom. The fraction of sp³-hybridized carbons (Fsp3) is 0.333. The number of carbonyl (C=O) groups excluding carboxylic acids is 1. The fourth-order valence-electron chi connectivity index (χ4n) is 4.04. The number of nitrogens with one attached hydrogen (secondary N) is 1. The van der Waals surface area contributed by atoms with Gasteiger partial charge in [0.25, 0.3) is 0 Å². The highest BCUT2D eigenvalue weighted by Crippen LogP contribution is 2.48. The van der Waals surface area contributed by atoms with Crippen LogP contribution in [0.1, 0.15) is 13.2 Å². The van der Waals surface area contributed by atoms with Gasteiger partial charge in [0.15, 0.2) is 6.23 Å². The van der Waals surface area contributed by atoms with E-state index >= 15 is 0 Å². The summed E-state index contributed by atoms with van der Waals surface area (Å²) >= 11 is 5.51. The van der Waals surface area contributed by atoms with Gasteiger partial charge >= 0.3 is 19.4 Å². The highest BCUT2D eigenvalue weighted by Gasteiger charge is 2.57. The predicted octanol–water partition coefficient (Wildman–Crippen LogP) is 0.918. The number of anilines is 1. The van der Waals surface area contributed by atoms with Gasteiger partial charge in [0.1, 0.15) is 30.3 Å². The van der Waals surface area contributed by atoms with E-state index in [-0.39, 0.29) is 11.7 Å². The summed E-state index contributed by atoms with van der Waals surface area (Å²) < 4.78 is 36.5. The molecule has 4 rings (SSSR count). The molecule has 2 aromatic carbocycles. The van der Waals surface area contributed by atoms with Crippen LogP contribution < -0.4 is 21.0 Å². The van der Waals surface area contributed by atoms with Crippen molar-refractivity contribution in [2.75, 3.05) is 19.5 Å². The summed E-state index contributed by atoms with van der Waals surface area (Å²) in [5, 5.41) is 27.9. The normalized spacial score (nSPS) is 24.5. The minimum Gasteiger partial charge on any atom is -0.468 e. The molecule has 2 heterocycles. The summed E-state index contributed by atoms with van der Waals surface area (Å²) in [7, 11) is -3.25. The van der Waals surface area contributed by atoms with Gasteiger partial charge in [-0.05, 0) is 35.9 Å². The van der Waals surface area contributed by atoms with Crippen LogP contribution in [0, 0.1) is 11.3 Å². The predicted molar refractivity (Wildman–Crippen MR) is 142 cm³/mol. The van der Waals surface area contributed by atoms with Crippen molar-refractivity contribution in [3.05, 3.63) is 59.3 Å². The molecule has 0 amide bonds. The van der Waals surface area contributed by atoms with E-state index in [4.69, 9.17) is 35.9 Å². The molecule has 1 unspecified atom stereocenters. The van der Waals surface area contributed by atoms with Crippen molar-refractivity contribution >= 4 is 42.0 Å². The van der Waals surface area contributed by atoms with E-state index in [0.717, 1.165) is 23.4 Å². The van der Waals surface area contributed by atoms with Crippen molar-refractivity contribution in [1.82, 2.24) is 19.6 Å². The molecule has 0 bridgehead atoms. The first kappa shape index (κ1) is 29.4. The molecule has 1 aliphatic heterocycles. The zero-order valence-electron chi connectivity index (χ0n) is 21.1. The van der Waals surface area contributed by atoms with Crippen LogP contribution in [0.15, 0.2) is 53.6 Å². The fourth-order valence-corrected chi connectivity index (χ4v) is 5.71. The summed E-state index contributed by atoms with van der Waals surface area (Å²) in [4.78, 5) is 31.7. The Labute approximate surface area is 232 Å². The van der Waals surface area contributed by atoms with Crippen molar-refractivity contribution in [3.8, 4) is 17.0 Å². The van der Waals surface area contributed by atoms with Crippen molar-refractivity contribution in [2.45, 2.75) is 37.0 Å². The van der Waals surface area contributed by atoms with Crippen LogP contribution in [0.5, 0.6) is 5.75 Å². The Morgan fingerprint density at radius 3 is 2.77 bits per heavy atom. The highest BCUT2D eigenvalue weighted by molar-refractivity contribution is 7.52. The molecule has 40 heavy (non-hydrogen) atoms. The van der Waals surface area contributed by atoms with Crippen LogP contribution in [0.2, 0.25) is 0 Å². The molecule has 1 aromatic heterocycles. The number of hydrogen-bond donors (Lipinski definition) is 4. The van der Waals surface area contributed by atoms with Gasteiger partial charge in [0, 0.05) is 10.8 Å². The monoisotopic (exact) mass is 593 g/mol. The number of aliphatic hydroxyl groups is 2. The first-order valence-corrected chi connectivity index (χ1v) is 13.6. The number of ether oxygens (including phenoxy) is 2. The second kappa shape index (κ2) is 11.9. The van der Waals surface area contributed by atoms with Crippen LogP contribution in [-0.2, 0) is 23.4 Å². The van der Waals surface area contributed by atoms with E-state index in [2.05, 4.69) is 21.0 Å². The largest absolute Gasteiger partial charge is 0.468 e. The number of rotatable bonds is 9. The molecule has 5 N–H and O–H groups in total. The van der Waals surface area contributed by atoms with E-state index in [1.54, 1.807) is 24.3 Å². The lowest BCUT2D eigenvalue weighted by atomic mass is 9.95. The van der Waals surface area contributed by atoms with Crippen LogP contribution in [0.3, 0.4) is 0 Å². The van der Waals surface area contributed by atoms with Crippen LogP contribution in [-0.4, -0.2) is 68.3 Å². The topological polar surface area (TPSA) is 197 Å². The minimum absolute atomic E-state index is 0.173. The van der Waals surface area contributed by atoms with Gasteiger partial charge in [0.05, 0.1) is 13.7 Å². The zero-order chi connectivity index (χ0) is 29.1. The first-order chi connectivity index (χ1) is 19.0. The number of hydrogen-bond acceptors (Lipinski definition) is 12. The van der Waals surface area contributed by atoms with Crippen molar-refractivity contribution in [2.24, 2.45) is 0 Å². The van der Waals surface area contributed by atoms with Crippen LogP contribution in [0.25, 0.3) is 10.8 Å². The molecule has 1 aliphatic rings. The number of esters is 1. The molecular formula is C24H25ClN5O9P. The van der Waals surface area contributed by atoms with Crippen LogP contribution >= 0.6 is 19.3 Å². The van der Waals surface area contributed by atoms with Crippen molar-refractivity contribution in [1.29, 1.82) is 0 Å². The Morgan fingerprint density at radius 2 is 2.08 bits per heavy atom. The maximum absolute atomic E-state index is 13.9. The van der Waals surface area contributed by atoms with Gasteiger partial charge in [-0.25, -0.2) is 14.3 Å². The number of carbonyl (C=O) groups is 1. The SMILES string of the molecule is COC(=O)[C@H](C)NP(=O)(OC[C@H]1O[C@@H](n2cnc(N)nc2=O)[C@@](O)(C#CCl)[C@@H]1O)Oc1cccc2ccccc12. The molecule has 0 aliphatic carbocycles. The molecule has 0 saturated carbocycles. The van der Waals surface area contributed by atoms with Gasteiger partial charge in [-0.15, -0.1) is 0 Å². The second-order valence-electron chi connectivity index (χ2n) is 8.66. The van der Waals surface area contributed by atoms with Gasteiger partial charge in [-0.1, -0.05) is 36.4 Å². The molecule has 1 saturated heterocycles. The number of aromatic nitrogens is 3. The summed E-state index contributed by atoms with van der Waals surface area (Å²) in [6.07, 6.45) is -3.98. The number of methoxy groups -OCH3 is 1. The average Bonchev–Trinajstić information content (AvgIpc) is 3.16. The van der Waals surface area contributed by atoms with E-state index in [1.807, 2.05) is 23.6 Å². The Kier molecular flexibility index (Phi) is 8.77. The maximum atomic E-state index is 13.9. The van der Waals surface area contributed by atoms with Crippen molar-refractivity contribution in [3.63, 3.8) is 0 Å². The number of fused-ring (bicyclic) bond motifs is 1. The number of aliphatic hydroxyl groups excluding tert-OH is 1. The summed E-state index contributed by atoms with van der Waals surface area (Å²) in [5.74, 6) is 1.31. The van der Waals surface area contributed by atoms with E-state index in [0.29, 0.717) is 5.39 Å². The summed E-state index contributed by atoms with van der Waals surface area (Å²) in [6, 6.07) is 11.1. The lowest BCUT2D eigenvalue weighted by molar-refractivity contribution is -0.142. The lowest BCUT2D eigenvalue weighted by Crippen LogP contribution is -2.48. The zero-order valence-corrected chi connectivity index (χ0v) is 22.8. The maximum Gasteiger partial charge on any atom is 0.459 e. The molecule has 212 valence electrons. The third-order valence-corrected chi connectivity index (χ3v) is 7.74. The standard InChI is InChI=1S/C24H25ClN5O9P/c1-14(20(32)36-2)29-40(35,39-17-9-5-7-15-6-3-4-8-16(15)17)37-12-18-19(31)24(34,10-11-25)21(38-18)30-13-27-22(26)28-23(30)33/h3-9,13-14,18-19,21,31,34H,12H2,1-2H3,(H,29,35)(H2,26,28,33)/t14-,18+,19+,21+,24+,40?/m0/s1. The number of nitrogens with two attached hydrogens (primary N) is 1. The van der Waals surface area contributed by atoms with Gasteiger partial charge < -0.3 is 29.9 Å². The second-order valence-corrected chi connectivity index (χ2v) is 10.5. The number of nitrogen functional groups attached to an aromatic ring is 1. The Hall–Kier alpha value is -3.54. The van der Waals surface area contributed by atoms with E-state index in [9.17, 15) is 24.4 Å². The average molecular weight is 594 g/mol. The summed E-state index contributed by atoms with van der Waals surface area (Å²) in [6.45, 7) is 0.713. The molecule has 14 nitrogen and oxygen atoms in total. The molecule has 1 fully saturated rings. The number of halogens is 1. The van der Waals surface area contributed by atoms with Gasteiger partial charge in [0.2, 0.25) is 11.5 Å². The minimum atomic E-state index is -4.41. The van der Waals surface area contributed by atoms with E-state index < -0.39 is 56.1 Å². The molecule has 0 spiro atoms. The highest BCUT2D eigenvalue weighted by atomic mass is 35.5. The molecule has 3 aromatic rings. The number of nitrogens with zero attached hydrogens (tertiary/aromatic N) is 3. The smallest absolute Gasteiger partial charge is 0.459 e. The molecule has 6 atom stereocenters. The lowest BCUT2D eigenvalue weighted by Gasteiger charge is -2.26. The molecular weight excluding hydrogens is 569 g/mol. The van der Waals surface area contributed by atoms with Gasteiger partial charge in [-0.2, -0.15) is 10.1 Å². The summed E-state index contributed by atoms with van der Waals surface area (Å²) in [5.41, 5.74) is 2.03. The molecule has 0 radical (unpaired) electrons. The third kappa shape index (κ3) is 5.96. The van der Waals surface area contributed by atoms with Crippen molar-refractivity contribution < 1.29 is 38.1 Å².